The second kappa shape index (κ2) is 7.84. The molecule has 158 valence electrons. The Morgan fingerprint density at radius 3 is 2.23 bits per heavy atom. The summed E-state index contributed by atoms with van der Waals surface area (Å²) in [6, 6.07) is 14.9. The number of sulfonamides is 1. The van der Waals surface area contributed by atoms with Crippen LogP contribution in [0.1, 0.15) is 27.5 Å². The van der Waals surface area contributed by atoms with Gasteiger partial charge in [0.05, 0.1) is 4.90 Å². The van der Waals surface area contributed by atoms with Crippen molar-refractivity contribution in [2.75, 3.05) is 10.0 Å². The van der Waals surface area contributed by atoms with Crippen LogP contribution >= 0.6 is 0 Å². The topological polar surface area (TPSA) is 114 Å². The van der Waals surface area contributed by atoms with Gasteiger partial charge in [-0.3, -0.25) is 4.79 Å². The second-order valence-corrected chi connectivity index (χ2v) is 8.79. The Bertz CT molecular complexity index is 1370. The van der Waals surface area contributed by atoms with E-state index in [4.69, 9.17) is 4.42 Å². The number of amides is 1. The fourth-order valence-electron chi connectivity index (χ4n) is 3.25. The Hall–Kier alpha value is -3.72. The van der Waals surface area contributed by atoms with Crippen LogP contribution in [-0.2, 0) is 10.0 Å². The number of aryl methyl sites for hydroxylation is 3. The Morgan fingerprint density at radius 2 is 1.58 bits per heavy atom. The van der Waals surface area contributed by atoms with Crippen LogP contribution in [0, 0.1) is 20.8 Å². The molecule has 8 nitrogen and oxygen atoms in total. The Balaban J connectivity index is 1.52. The van der Waals surface area contributed by atoms with Crippen LogP contribution in [0.3, 0.4) is 0 Å². The third kappa shape index (κ3) is 4.26. The van der Waals surface area contributed by atoms with E-state index in [1.54, 1.807) is 26.0 Å². The first kappa shape index (κ1) is 20.5. The molecule has 9 heteroatoms. The van der Waals surface area contributed by atoms with E-state index in [9.17, 15) is 13.2 Å². The summed E-state index contributed by atoms with van der Waals surface area (Å²) >= 11 is 0. The first-order valence-electron chi connectivity index (χ1n) is 9.47. The zero-order chi connectivity index (χ0) is 22.2. The molecule has 2 aromatic heterocycles. The highest BCUT2D eigenvalue weighted by Crippen LogP contribution is 2.26. The Kier molecular flexibility index (Phi) is 5.20. The van der Waals surface area contributed by atoms with Gasteiger partial charge in [-0.05, 0) is 57.2 Å². The molecule has 0 aliphatic carbocycles. The zero-order valence-electron chi connectivity index (χ0n) is 17.1. The molecule has 0 bridgehead atoms. The summed E-state index contributed by atoms with van der Waals surface area (Å²) in [5, 5.41) is 3.60. The lowest BCUT2D eigenvalue weighted by molar-refractivity contribution is 0.0998. The fraction of sp³-hybridized carbons (Fsp3) is 0.136. The van der Waals surface area contributed by atoms with E-state index in [0.29, 0.717) is 22.7 Å². The van der Waals surface area contributed by atoms with Crippen LogP contribution < -0.4 is 10.0 Å². The molecular weight excluding hydrogens is 416 g/mol. The van der Waals surface area contributed by atoms with Crippen molar-refractivity contribution in [2.45, 2.75) is 25.7 Å². The van der Waals surface area contributed by atoms with Gasteiger partial charge in [0.15, 0.2) is 5.76 Å². The van der Waals surface area contributed by atoms with E-state index in [0.717, 1.165) is 10.9 Å². The fourth-order valence-corrected chi connectivity index (χ4v) is 4.19. The van der Waals surface area contributed by atoms with Crippen LogP contribution in [0.4, 0.5) is 11.6 Å². The molecule has 0 aliphatic rings. The SMILES string of the molecule is Cc1cc(C)nc(NS(=O)(=O)c2ccc(NC(=O)c3oc4ccccc4c3C)cc2)n1. The van der Waals surface area contributed by atoms with Crippen molar-refractivity contribution in [3.05, 3.63) is 77.3 Å². The molecular formula is C22H20N4O4S. The predicted octanol–water partition coefficient (Wildman–Crippen LogP) is 4.20. The number of carbonyl (C=O) groups excluding carboxylic acids is 1. The van der Waals surface area contributed by atoms with Gasteiger partial charge in [-0.1, -0.05) is 18.2 Å². The number of rotatable bonds is 5. The van der Waals surface area contributed by atoms with Gasteiger partial charge < -0.3 is 9.73 Å². The normalized spacial score (nSPS) is 11.5. The number of carbonyl (C=O) groups is 1. The standard InChI is InChI=1S/C22H20N4O4S/c1-13-12-14(2)24-22(23-13)26-31(28,29)17-10-8-16(9-11-17)25-21(27)20-15(3)18-6-4-5-7-19(18)30-20/h4-12H,1-3H3,(H,25,27)(H,23,24,26). The zero-order valence-corrected chi connectivity index (χ0v) is 17.9. The smallest absolute Gasteiger partial charge is 0.291 e. The maximum atomic E-state index is 12.6. The Morgan fingerprint density at radius 1 is 0.935 bits per heavy atom. The van der Waals surface area contributed by atoms with E-state index < -0.39 is 15.9 Å². The minimum absolute atomic E-state index is 0.00948. The van der Waals surface area contributed by atoms with Crippen LogP contribution in [-0.4, -0.2) is 24.3 Å². The van der Waals surface area contributed by atoms with E-state index >= 15 is 0 Å². The van der Waals surface area contributed by atoms with Gasteiger partial charge in [0.25, 0.3) is 15.9 Å². The molecule has 0 unspecified atom stereocenters. The van der Waals surface area contributed by atoms with E-state index in [1.165, 1.54) is 24.3 Å². The van der Waals surface area contributed by atoms with Crippen LogP contribution in [0.25, 0.3) is 11.0 Å². The van der Waals surface area contributed by atoms with Crippen molar-refractivity contribution in [2.24, 2.45) is 0 Å². The molecule has 31 heavy (non-hydrogen) atoms. The number of fused-ring (bicyclic) bond motifs is 1. The van der Waals surface area contributed by atoms with E-state index in [1.807, 2.05) is 25.1 Å². The number of anilines is 2. The highest BCUT2D eigenvalue weighted by Gasteiger charge is 2.19. The van der Waals surface area contributed by atoms with Crippen LogP contribution in [0.15, 0.2) is 63.9 Å². The largest absolute Gasteiger partial charge is 0.451 e. The van der Waals surface area contributed by atoms with Gasteiger partial charge in [0.2, 0.25) is 5.95 Å². The number of aromatic nitrogens is 2. The third-order valence-corrected chi connectivity index (χ3v) is 6.02. The summed E-state index contributed by atoms with van der Waals surface area (Å²) in [5.74, 6) is -0.187. The van der Waals surface area contributed by atoms with Gasteiger partial charge in [0, 0.05) is 28.0 Å². The first-order valence-corrected chi connectivity index (χ1v) is 11.0. The van der Waals surface area contributed by atoms with Crippen molar-refractivity contribution in [3.8, 4) is 0 Å². The number of hydrogen-bond donors (Lipinski definition) is 2. The molecule has 2 aromatic carbocycles. The van der Waals surface area contributed by atoms with Crippen molar-refractivity contribution in [1.29, 1.82) is 0 Å². The number of hydrogen-bond acceptors (Lipinski definition) is 6. The highest BCUT2D eigenvalue weighted by molar-refractivity contribution is 7.92. The minimum Gasteiger partial charge on any atom is -0.451 e. The summed E-state index contributed by atoms with van der Waals surface area (Å²) in [7, 11) is -3.87. The summed E-state index contributed by atoms with van der Waals surface area (Å²) in [6.45, 7) is 5.33. The predicted molar refractivity (Wildman–Crippen MR) is 118 cm³/mol. The van der Waals surface area contributed by atoms with Crippen LogP contribution in [0.2, 0.25) is 0 Å². The monoisotopic (exact) mass is 436 g/mol. The summed E-state index contributed by atoms with van der Waals surface area (Å²) in [5.41, 5.74) is 3.12. The minimum atomic E-state index is -3.87. The Labute approximate surface area is 179 Å². The molecule has 0 spiro atoms. The van der Waals surface area contributed by atoms with Crippen molar-refractivity contribution < 1.29 is 17.6 Å². The summed E-state index contributed by atoms with van der Waals surface area (Å²) in [6.07, 6.45) is 0. The van der Waals surface area contributed by atoms with Crippen LogP contribution in [0.5, 0.6) is 0 Å². The molecule has 1 amide bonds. The lowest BCUT2D eigenvalue weighted by atomic mass is 10.1. The number of nitrogens with zero attached hydrogens (tertiary/aromatic N) is 2. The third-order valence-electron chi connectivity index (χ3n) is 4.68. The molecule has 0 fully saturated rings. The molecule has 0 aliphatic heterocycles. The number of para-hydroxylation sites is 1. The molecule has 2 heterocycles. The lowest BCUT2D eigenvalue weighted by Crippen LogP contribution is -2.16. The average molecular weight is 436 g/mol. The van der Waals surface area contributed by atoms with Crippen molar-refractivity contribution in [1.82, 2.24) is 9.97 Å². The summed E-state index contributed by atoms with van der Waals surface area (Å²) < 4.78 is 33.3. The molecule has 2 N–H and O–H groups in total. The molecule has 4 aromatic rings. The first-order chi connectivity index (χ1) is 14.7. The van der Waals surface area contributed by atoms with Gasteiger partial charge in [-0.25, -0.2) is 23.1 Å². The molecule has 0 saturated carbocycles. The molecule has 0 radical (unpaired) electrons. The summed E-state index contributed by atoms with van der Waals surface area (Å²) in [4.78, 5) is 20.8. The van der Waals surface area contributed by atoms with Crippen molar-refractivity contribution >= 4 is 38.5 Å². The highest BCUT2D eigenvalue weighted by atomic mass is 32.2. The number of benzene rings is 2. The second-order valence-electron chi connectivity index (χ2n) is 7.11. The van der Waals surface area contributed by atoms with Gasteiger partial charge in [-0.2, -0.15) is 0 Å². The number of nitrogens with one attached hydrogen (secondary N) is 2. The van der Waals surface area contributed by atoms with Crippen molar-refractivity contribution in [3.63, 3.8) is 0 Å². The quantitative estimate of drug-likeness (QED) is 0.485. The maximum Gasteiger partial charge on any atom is 0.291 e. The van der Waals surface area contributed by atoms with E-state index in [2.05, 4.69) is 20.0 Å². The lowest BCUT2D eigenvalue weighted by Gasteiger charge is -2.09. The maximum absolute atomic E-state index is 12.6. The average Bonchev–Trinajstić information content (AvgIpc) is 3.04. The van der Waals surface area contributed by atoms with Gasteiger partial charge >= 0.3 is 0 Å². The van der Waals surface area contributed by atoms with E-state index in [-0.39, 0.29) is 16.6 Å². The van der Waals surface area contributed by atoms with Gasteiger partial charge in [-0.15, -0.1) is 0 Å². The molecule has 4 rings (SSSR count). The van der Waals surface area contributed by atoms with Gasteiger partial charge in [0.1, 0.15) is 5.58 Å². The number of furan rings is 1. The molecule has 0 atom stereocenters. The molecule has 0 saturated heterocycles.